The van der Waals surface area contributed by atoms with Gasteiger partial charge in [-0.2, -0.15) is 0 Å². The van der Waals surface area contributed by atoms with Crippen LogP contribution in [0.5, 0.6) is 0 Å². The molecule has 0 N–H and O–H groups in total. The third-order valence-electron chi connectivity index (χ3n) is 1.97. The molecule has 0 aromatic carbocycles. The van der Waals surface area contributed by atoms with Crippen molar-refractivity contribution in [2.45, 2.75) is 41.5 Å². The van der Waals surface area contributed by atoms with Crippen LogP contribution in [0.2, 0.25) is 22.2 Å². The number of hydrogen-bond acceptors (Lipinski definition) is 1. The zero-order chi connectivity index (χ0) is 8.97. The van der Waals surface area contributed by atoms with Crippen LogP contribution in [0.1, 0.15) is 19.3 Å². The van der Waals surface area contributed by atoms with Crippen molar-refractivity contribution in [1.82, 2.24) is 0 Å². The molecule has 1 unspecified atom stereocenters. The Balaban J connectivity index is 2.45. The van der Waals surface area contributed by atoms with Gasteiger partial charge in [0, 0.05) is 0 Å². The molecule has 1 atom stereocenters. The van der Waals surface area contributed by atoms with Gasteiger partial charge in [0.2, 0.25) is 0 Å². The molecule has 0 amide bonds. The van der Waals surface area contributed by atoms with Gasteiger partial charge in [-0.1, -0.05) is 0 Å². The van der Waals surface area contributed by atoms with Gasteiger partial charge in [-0.05, 0) is 0 Å². The molecule has 0 spiro atoms. The van der Waals surface area contributed by atoms with Gasteiger partial charge in [-0.15, -0.1) is 0 Å². The van der Waals surface area contributed by atoms with Crippen LogP contribution in [0.25, 0.3) is 0 Å². The Kier molecular flexibility index (Phi) is 4.76. The van der Waals surface area contributed by atoms with Crippen molar-refractivity contribution >= 4 is 29.4 Å². The van der Waals surface area contributed by atoms with E-state index in [4.69, 9.17) is 3.79 Å². The Bertz CT molecular complexity index is 168. The van der Waals surface area contributed by atoms with Crippen LogP contribution < -0.4 is 0 Å². The van der Waals surface area contributed by atoms with Crippen molar-refractivity contribution in [2.75, 3.05) is 0 Å². The fourth-order valence-electron chi connectivity index (χ4n) is 1.44. The first-order valence-electron chi connectivity index (χ1n) is 4.62. The third-order valence-corrected chi connectivity index (χ3v) is 4.80. The Morgan fingerprint density at radius 3 is 2.92 bits per heavy atom. The Hall–Kier alpha value is 0.592. The molecule has 0 saturated heterocycles. The van der Waals surface area contributed by atoms with E-state index in [0.717, 1.165) is 19.8 Å². The molecule has 1 aliphatic rings. The van der Waals surface area contributed by atoms with E-state index < -0.39 is 14.5 Å². The maximum absolute atomic E-state index is 5.83. The van der Waals surface area contributed by atoms with E-state index in [-0.39, 0.29) is 0 Å². The fraction of sp³-hybridized carbons (Fsp3) is 0.778. The zero-order valence-corrected chi connectivity index (χ0v) is 11.0. The van der Waals surface area contributed by atoms with Gasteiger partial charge in [0.15, 0.2) is 0 Å². The summed E-state index contributed by atoms with van der Waals surface area (Å²) in [7, 11) is 0. The molecule has 0 saturated carbocycles. The van der Waals surface area contributed by atoms with Crippen LogP contribution in [0.15, 0.2) is 11.8 Å². The van der Waals surface area contributed by atoms with E-state index in [0.29, 0.717) is 0 Å². The maximum atomic E-state index is 5.83. The Morgan fingerprint density at radius 1 is 1.58 bits per heavy atom. The molecule has 3 heteroatoms. The summed E-state index contributed by atoms with van der Waals surface area (Å²) in [4.78, 5) is 0.856. The first kappa shape index (κ1) is 10.7. The van der Waals surface area contributed by atoms with E-state index in [1.165, 1.54) is 25.0 Å². The van der Waals surface area contributed by atoms with Gasteiger partial charge in [0.25, 0.3) is 0 Å². The van der Waals surface area contributed by atoms with E-state index in [1.54, 1.807) is 0 Å². The van der Waals surface area contributed by atoms with Crippen LogP contribution in [0, 0.1) is 0 Å². The zero-order valence-electron chi connectivity index (χ0n) is 8.17. The molecule has 0 aromatic rings. The topological polar surface area (TPSA) is 9.23 Å². The first-order chi connectivity index (χ1) is 5.72. The van der Waals surface area contributed by atoms with E-state index in [9.17, 15) is 0 Å². The average molecular weight is 247 g/mol. The minimum absolute atomic E-state index is 0.771. The normalized spacial score (nSPS) is 23.2. The predicted octanol–water partition coefficient (Wildman–Crippen LogP) is 2.86. The molecular weight excluding hydrogens is 230 g/mol. The summed E-state index contributed by atoms with van der Waals surface area (Å²) in [5.41, 5.74) is 0. The molecule has 12 heavy (non-hydrogen) atoms. The molecule has 0 bridgehead atoms. The second kappa shape index (κ2) is 5.35. The molecule has 1 aliphatic carbocycles. The summed E-state index contributed by atoms with van der Waals surface area (Å²) < 4.78 is 5.83. The second-order valence-electron chi connectivity index (χ2n) is 3.47. The van der Waals surface area contributed by atoms with Gasteiger partial charge in [-0.25, -0.2) is 0 Å². The van der Waals surface area contributed by atoms with Crippen molar-refractivity contribution < 1.29 is 3.79 Å². The van der Waals surface area contributed by atoms with E-state index >= 15 is 0 Å². The van der Waals surface area contributed by atoms with Crippen molar-refractivity contribution in [3.63, 3.8) is 0 Å². The summed E-state index contributed by atoms with van der Waals surface area (Å²) in [6.07, 6.45) is 6.31. The van der Waals surface area contributed by atoms with E-state index in [2.05, 4.69) is 23.5 Å². The third kappa shape index (κ3) is 3.54. The Morgan fingerprint density at radius 2 is 2.33 bits per heavy atom. The quantitative estimate of drug-likeness (QED) is 0.697. The summed E-state index contributed by atoms with van der Waals surface area (Å²) in [6, 6.07) is 0. The molecular formula is C9H17AlOSe. The van der Waals surface area contributed by atoms with Crippen molar-refractivity contribution in [3.05, 3.63) is 11.8 Å². The number of allylic oxidation sites excluding steroid dienone is 2. The molecule has 1 nitrogen and oxygen atoms in total. The Labute approximate surface area is 86.4 Å². The molecule has 0 heterocycles. The molecule has 0 aromatic heterocycles. The minimum atomic E-state index is -0.843. The molecule has 1 rings (SSSR count). The fourth-order valence-corrected chi connectivity index (χ4v) is 3.69. The van der Waals surface area contributed by atoms with Gasteiger partial charge < -0.3 is 0 Å². The van der Waals surface area contributed by atoms with Crippen LogP contribution >= 0.6 is 0 Å². The second-order valence-corrected chi connectivity index (χ2v) is 8.06. The van der Waals surface area contributed by atoms with Crippen molar-refractivity contribution in [1.29, 1.82) is 0 Å². The van der Waals surface area contributed by atoms with Crippen LogP contribution in [0.4, 0.5) is 0 Å². The predicted molar refractivity (Wildman–Crippen MR) is 55.9 cm³/mol. The molecule has 0 fully saturated rings. The average Bonchev–Trinajstić information content (AvgIpc) is 2.03. The standard InChI is InChI=1S/C7H12OSe.2CH3.Al/c1-9-7-4-2-3-6(8)5-7;;;/h5,7-8H,2-4H2,1H3;2*1H3;/q;;;+1/p-1. The van der Waals surface area contributed by atoms with Crippen molar-refractivity contribution in [3.8, 4) is 0 Å². The molecule has 0 radical (unpaired) electrons. The monoisotopic (exact) mass is 248 g/mol. The summed E-state index contributed by atoms with van der Waals surface area (Å²) in [5.74, 6) is 8.10. The van der Waals surface area contributed by atoms with Gasteiger partial charge >= 0.3 is 86.5 Å². The first-order valence-corrected chi connectivity index (χ1v) is 10.1. The number of hydrogen-bond donors (Lipinski definition) is 0. The number of rotatable bonds is 3. The molecule has 68 valence electrons. The van der Waals surface area contributed by atoms with Crippen LogP contribution in [0.3, 0.4) is 0 Å². The summed E-state index contributed by atoms with van der Waals surface area (Å²) in [6.45, 7) is 0. The van der Waals surface area contributed by atoms with E-state index in [1.807, 2.05) is 0 Å². The van der Waals surface area contributed by atoms with Gasteiger partial charge in [0.05, 0.1) is 0 Å². The molecule has 0 aliphatic heterocycles. The van der Waals surface area contributed by atoms with Crippen LogP contribution in [-0.4, -0.2) is 29.4 Å². The van der Waals surface area contributed by atoms with Gasteiger partial charge in [0.1, 0.15) is 0 Å². The van der Waals surface area contributed by atoms with Crippen LogP contribution in [-0.2, 0) is 3.79 Å². The SMILES string of the molecule is C[Se]C1C=C([O][Al]([CH3])[CH3])CCC1. The van der Waals surface area contributed by atoms with Gasteiger partial charge in [-0.3, -0.25) is 0 Å². The summed E-state index contributed by atoms with van der Waals surface area (Å²) >= 11 is -0.0720. The summed E-state index contributed by atoms with van der Waals surface area (Å²) in [5, 5.41) is 0. The van der Waals surface area contributed by atoms with Crippen molar-refractivity contribution in [2.24, 2.45) is 0 Å².